The molecule has 0 amide bonds. The number of ketones is 1. The van der Waals surface area contributed by atoms with Gasteiger partial charge in [0.25, 0.3) is 0 Å². The average Bonchev–Trinajstić information content (AvgIpc) is 2.91. The number of phenolic OH excluding ortho intramolecular Hbond substituents is 1. The number of pyridine rings is 1. The highest BCUT2D eigenvalue weighted by Gasteiger charge is 2.18. The van der Waals surface area contributed by atoms with Crippen molar-refractivity contribution in [2.75, 3.05) is 0 Å². The Kier molecular flexibility index (Phi) is 3.44. The van der Waals surface area contributed by atoms with Gasteiger partial charge in [-0.15, -0.1) is 0 Å². The standard InChI is InChI=1S/C17H15NO3/c1-2-5-11-8-12-13(10-21-16(12)9-15(11)19)17(20)14-6-3-4-7-18-14/h3-4,6-10,19H,2,5H2,1H3. The lowest BCUT2D eigenvalue weighted by molar-refractivity contribution is 0.103. The summed E-state index contributed by atoms with van der Waals surface area (Å²) in [6.07, 6.45) is 4.69. The SMILES string of the molecule is CCCc1cc2c(C(=O)c3ccccn3)coc2cc1O. The molecule has 0 spiro atoms. The van der Waals surface area contributed by atoms with Gasteiger partial charge in [0.2, 0.25) is 5.78 Å². The van der Waals surface area contributed by atoms with Crippen LogP contribution in [0, 0.1) is 0 Å². The molecule has 0 bridgehead atoms. The normalized spacial score (nSPS) is 10.9. The highest BCUT2D eigenvalue weighted by Crippen LogP contribution is 2.30. The van der Waals surface area contributed by atoms with Gasteiger partial charge in [-0.05, 0) is 30.2 Å². The molecule has 3 rings (SSSR count). The molecule has 2 heterocycles. The maximum absolute atomic E-state index is 12.5. The molecule has 106 valence electrons. The fourth-order valence-electron chi connectivity index (χ4n) is 2.39. The average molecular weight is 281 g/mol. The van der Waals surface area contributed by atoms with Crippen molar-refractivity contribution in [1.82, 2.24) is 4.98 Å². The van der Waals surface area contributed by atoms with E-state index in [4.69, 9.17) is 4.42 Å². The number of rotatable bonds is 4. The molecular weight excluding hydrogens is 266 g/mol. The van der Waals surface area contributed by atoms with Crippen molar-refractivity contribution in [3.8, 4) is 5.75 Å². The van der Waals surface area contributed by atoms with Crippen LogP contribution in [0.3, 0.4) is 0 Å². The summed E-state index contributed by atoms with van der Waals surface area (Å²) in [7, 11) is 0. The molecule has 0 saturated heterocycles. The minimum Gasteiger partial charge on any atom is -0.508 e. The van der Waals surface area contributed by atoms with Crippen LogP contribution in [0.15, 0.2) is 47.2 Å². The van der Waals surface area contributed by atoms with Crippen molar-refractivity contribution in [2.24, 2.45) is 0 Å². The molecule has 4 nitrogen and oxygen atoms in total. The largest absolute Gasteiger partial charge is 0.508 e. The summed E-state index contributed by atoms with van der Waals surface area (Å²) in [5, 5.41) is 10.7. The molecule has 3 aromatic rings. The monoisotopic (exact) mass is 281 g/mol. The molecule has 4 heteroatoms. The van der Waals surface area contributed by atoms with Gasteiger partial charge >= 0.3 is 0 Å². The van der Waals surface area contributed by atoms with Crippen LogP contribution < -0.4 is 0 Å². The lowest BCUT2D eigenvalue weighted by Crippen LogP contribution is -2.02. The van der Waals surface area contributed by atoms with Crippen molar-refractivity contribution in [1.29, 1.82) is 0 Å². The number of aromatic nitrogens is 1. The van der Waals surface area contributed by atoms with E-state index in [1.807, 2.05) is 13.0 Å². The number of fused-ring (bicyclic) bond motifs is 1. The van der Waals surface area contributed by atoms with Crippen LogP contribution in [0.1, 0.15) is 35.0 Å². The van der Waals surface area contributed by atoms with Crippen LogP contribution in [0.25, 0.3) is 11.0 Å². The lowest BCUT2D eigenvalue weighted by Gasteiger charge is -2.03. The summed E-state index contributed by atoms with van der Waals surface area (Å²) in [5.74, 6) is 0.0259. The Hall–Kier alpha value is -2.62. The Labute approximate surface area is 122 Å². The summed E-state index contributed by atoms with van der Waals surface area (Å²) in [5.41, 5.74) is 2.18. The van der Waals surface area contributed by atoms with E-state index in [-0.39, 0.29) is 11.5 Å². The molecule has 1 N–H and O–H groups in total. The van der Waals surface area contributed by atoms with Crippen LogP contribution in [-0.2, 0) is 6.42 Å². The van der Waals surface area contributed by atoms with Crippen LogP contribution in [0.4, 0.5) is 0 Å². The molecule has 1 aromatic carbocycles. The van der Waals surface area contributed by atoms with Gasteiger partial charge in [0.05, 0.1) is 5.56 Å². The number of nitrogens with zero attached hydrogens (tertiary/aromatic N) is 1. The number of aromatic hydroxyl groups is 1. The molecule has 0 atom stereocenters. The van der Waals surface area contributed by atoms with E-state index in [1.165, 1.54) is 6.26 Å². The number of aryl methyl sites for hydroxylation is 1. The molecule has 0 fully saturated rings. The van der Waals surface area contributed by atoms with Gasteiger partial charge < -0.3 is 9.52 Å². The quantitative estimate of drug-likeness (QED) is 0.740. The minimum atomic E-state index is -0.178. The predicted molar refractivity (Wildman–Crippen MR) is 79.5 cm³/mol. The number of benzene rings is 1. The first kappa shape index (κ1) is 13.4. The molecule has 2 aromatic heterocycles. The number of hydrogen-bond acceptors (Lipinski definition) is 4. The summed E-state index contributed by atoms with van der Waals surface area (Å²) in [6.45, 7) is 2.04. The van der Waals surface area contributed by atoms with Gasteiger partial charge in [0.15, 0.2) is 0 Å². The number of carbonyl (C=O) groups excluding carboxylic acids is 1. The Morgan fingerprint density at radius 3 is 2.90 bits per heavy atom. The van der Waals surface area contributed by atoms with Gasteiger partial charge in [-0.1, -0.05) is 19.4 Å². The third-order valence-electron chi connectivity index (χ3n) is 3.44. The minimum absolute atomic E-state index is 0.178. The molecule has 0 saturated carbocycles. The topological polar surface area (TPSA) is 63.3 Å². The summed E-state index contributed by atoms with van der Waals surface area (Å²) in [6, 6.07) is 8.61. The first-order valence-corrected chi connectivity index (χ1v) is 6.89. The van der Waals surface area contributed by atoms with Crippen LogP contribution in [-0.4, -0.2) is 15.9 Å². The number of furan rings is 1. The highest BCUT2D eigenvalue weighted by atomic mass is 16.3. The fraction of sp³-hybridized carbons (Fsp3) is 0.176. The second-order valence-corrected chi connectivity index (χ2v) is 4.92. The second-order valence-electron chi connectivity index (χ2n) is 4.92. The van der Waals surface area contributed by atoms with E-state index in [1.54, 1.807) is 30.5 Å². The molecule has 0 unspecified atom stereocenters. The van der Waals surface area contributed by atoms with Crippen LogP contribution in [0.2, 0.25) is 0 Å². The van der Waals surface area contributed by atoms with E-state index < -0.39 is 0 Å². The van der Waals surface area contributed by atoms with Crippen molar-refractivity contribution in [3.63, 3.8) is 0 Å². The molecule has 0 aliphatic rings. The van der Waals surface area contributed by atoms with Gasteiger partial charge in [0, 0.05) is 17.6 Å². The molecule has 0 aliphatic carbocycles. The maximum atomic E-state index is 12.5. The van der Waals surface area contributed by atoms with E-state index >= 15 is 0 Å². The van der Waals surface area contributed by atoms with Gasteiger partial charge in [0.1, 0.15) is 23.3 Å². The third kappa shape index (κ3) is 2.40. The Morgan fingerprint density at radius 1 is 1.33 bits per heavy atom. The van der Waals surface area contributed by atoms with E-state index in [2.05, 4.69) is 4.98 Å². The third-order valence-corrected chi connectivity index (χ3v) is 3.44. The zero-order valence-electron chi connectivity index (χ0n) is 11.7. The molecular formula is C17H15NO3. The highest BCUT2D eigenvalue weighted by molar-refractivity contribution is 6.15. The Balaban J connectivity index is 2.11. The summed E-state index contributed by atoms with van der Waals surface area (Å²) < 4.78 is 5.40. The predicted octanol–water partition coefficient (Wildman–Crippen LogP) is 3.72. The summed E-state index contributed by atoms with van der Waals surface area (Å²) in [4.78, 5) is 16.6. The first-order chi connectivity index (χ1) is 10.2. The van der Waals surface area contributed by atoms with E-state index in [9.17, 15) is 9.90 Å². The summed E-state index contributed by atoms with van der Waals surface area (Å²) >= 11 is 0. The Morgan fingerprint density at radius 2 is 2.19 bits per heavy atom. The zero-order chi connectivity index (χ0) is 14.8. The van der Waals surface area contributed by atoms with Gasteiger partial charge in [-0.25, -0.2) is 0 Å². The van der Waals surface area contributed by atoms with Gasteiger partial charge in [-0.3, -0.25) is 9.78 Å². The van der Waals surface area contributed by atoms with Crippen molar-refractivity contribution in [3.05, 3.63) is 59.6 Å². The van der Waals surface area contributed by atoms with Crippen LogP contribution >= 0.6 is 0 Å². The fourth-order valence-corrected chi connectivity index (χ4v) is 2.39. The van der Waals surface area contributed by atoms with Gasteiger partial charge in [-0.2, -0.15) is 0 Å². The first-order valence-electron chi connectivity index (χ1n) is 6.89. The number of carbonyl (C=O) groups is 1. The second kappa shape index (κ2) is 5.40. The van der Waals surface area contributed by atoms with E-state index in [0.29, 0.717) is 22.2 Å². The van der Waals surface area contributed by atoms with Crippen molar-refractivity contribution < 1.29 is 14.3 Å². The van der Waals surface area contributed by atoms with Crippen molar-refractivity contribution in [2.45, 2.75) is 19.8 Å². The lowest BCUT2D eigenvalue weighted by atomic mass is 10.0. The van der Waals surface area contributed by atoms with Crippen LogP contribution in [0.5, 0.6) is 5.75 Å². The zero-order valence-corrected chi connectivity index (χ0v) is 11.7. The molecule has 0 radical (unpaired) electrons. The molecule has 21 heavy (non-hydrogen) atoms. The molecule has 0 aliphatic heterocycles. The number of hydrogen-bond donors (Lipinski definition) is 1. The van der Waals surface area contributed by atoms with E-state index in [0.717, 1.165) is 18.4 Å². The smallest absolute Gasteiger partial charge is 0.215 e. The maximum Gasteiger partial charge on any atom is 0.215 e. The number of phenols is 1. The Bertz CT molecular complexity index is 790. The van der Waals surface area contributed by atoms with Crippen molar-refractivity contribution >= 4 is 16.8 Å².